The van der Waals surface area contributed by atoms with Crippen LogP contribution < -0.4 is 10.6 Å². The Morgan fingerprint density at radius 1 is 1.06 bits per heavy atom. The largest absolute Gasteiger partial charge is 0.351 e. The number of aromatic nitrogens is 2. The van der Waals surface area contributed by atoms with Crippen LogP contribution in [0.5, 0.6) is 0 Å². The first-order chi connectivity index (χ1) is 14.9. The van der Waals surface area contributed by atoms with E-state index in [9.17, 15) is 4.79 Å². The average Bonchev–Trinajstić information content (AvgIpc) is 2.78. The summed E-state index contributed by atoms with van der Waals surface area (Å²) in [7, 11) is 0. The molecule has 1 aromatic heterocycles. The first kappa shape index (κ1) is 24.2. The van der Waals surface area contributed by atoms with Gasteiger partial charge in [0, 0.05) is 47.0 Å². The Morgan fingerprint density at radius 3 is 2.34 bits per heavy atom. The molecule has 1 aliphatic rings. The topological polar surface area (TPSA) is 75.4 Å². The van der Waals surface area contributed by atoms with Gasteiger partial charge >= 0.3 is 0 Å². The van der Waals surface area contributed by atoms with Gasteiger partial charge in [-0.05, 0) is 25.0 Å². The maximum Gasteiger partial charge on any atom is 0.240 e. The van der Waals surface area contributed by atoms with Gasteiger partial charge in [0.1, 0.15) is 5.69 Å². The zero-order valence-corrected chi connectivity index (χ0v) is 20.1. The molecule has 2 atom stereocenters. The summed E-state index contributed by atoms with van der Waals surface area (Å²) >= 11 is 6.05. The predicted octanol–water partition coefficient (Wildman–Crippen LogP) is 4.39. The number of anilines is 1. The number of nitrogens with two attached hydrogens (primary N) is 1. The molecule has 170 valence electrons. The van der Waals surface area contributed by atoms with Crippen molar-refractivity contribution in [2.24, 2.45) is 11.7 Å². The highest BCUT2D eigenvalue weighted by Crippen LogP contribution is 2.32. The Bertz CT molecular complexity index is 1090. The Morgan fingerprint density at radius 2 is 1.72 bits per heavy atom. The second-order valence-corrected chi connectivity index (χ2v) is 8.96. The zero-order valence-electron chi connectivity index (χ0n) is 18.5. The van der Waals surface area contributed by atoms with Gasteiger partial charge in [-0.15, -0.1) is 22.6 Å². The van der Waals surface area contributed by atoms with Gasteiger partial charge in [-0.1, -0.05) is 61.8 Å². The fourth-order valence-electron chi connectivity index (χ4n) is 4.10. The number of amides is 1. The smallest absolute Gasteiger partial charge is 0.240 e. The van der Waals surface area contributed by atoms with Crippen molar-refractivity contribution >= 4 is 46.5 Å². The van der Waals surface area contributed by atoms with Crippen LogP contribution in [0, 0.1) is 5.92 Å². The second kappa shape index (κ2) is 10.0. The molecule has 32 heavy (non-hydrogen) atoms. The lowest BCUT2D eigenvalue weighted by molar-refractivity contribution is -0.136. The van der Waals surface area contributed by atoms with Crippen molar-refractivity contribution < 1.29 is 4.79 Å². The van der Waals surface area contributed by atoms with Crippen molar-refractivity contribution in [3.8, 4) is 11.3 Å². The van der Waals surface area contributed by atoms with Gasteiger partial charge in [-0.25, -0.2) is 0 Å². The maximum atomic E-state index is 12.8. The van der Waals surface area contributed by atoms with Crippen molar-refractivity contribution in [3.05, 3.63) is 53.6 Å². The highest BCUT2D eigenvalue weighted by molar-refractivity contribution is 6.30. The number of hydrogen-bond acceptors (Lipinski definition) is 5. The third kappa shape index (κ3) is 4.68. The van der Waals surface area contributed by atoms with E-state index in [4.69, 9.17) is 17.3 Å². The highest BCUT2D eigenvalue weighted by atomic mass is 35.5. The predicted molar refractivity (Wildman–Crippen MR) is 133 cm³/mol. The number of halogens is 2. The van der Waals surface area contributed by atoms with E-state index in [0.29, 0.717) is 24.7 Å². The van der Waals surface area contributed by atoms with Gasteiger partial charge in [-0.2, -0.15) is 0 Å². The van der Waals surface area contributed by atoms with Crippen molar-refractivity contribution in [2.75, 3.05) is 24.5 Å². The van der Waals surface area contributed by atoms with E-state index in [1.807, 2.05) is 55.1 Å². The molecule has 2 heterocycles. The molecular weight excluding hydrogens is 445 g/mol. The molecule has 0 radical (unpaired) electrons. The number of carbonyl (C=O) groups is 1. The van der Waals surface area contributed by atoms with Crippen LogP contribution in [-0.4, -0.2) is 52.7 Å². The van der Waals surface area contributed by atoms with Crippen LogP contribution in [-0.2, 0) is 4.79 Å². The van der Waals surface area contributed by atoms with Crippen LogP contribution in [0.25, 0.3) is 22.0 Å². The molecule has 0 unspecified atom stereocenters. The molecule has 1 amide bonds. The van der Waals surface area contributed by atoms with Gasteiger partial charge in [0.25, 0.3) is 0 Å². The summed E-state index contributed by atoms with van der Waals surface area (Å²) in [5.74, 6) is 0.990. The number of nitrogens with zero attached hydrogens (tertiary/aromatic N) is 4. The Hall–Kier alpha value is -2.41. The lowest BCUT2D eigenvalue weighted by Gasteiger charge is -2.41. The number of hydrogen-bond donors (Lipinski definition) is 1. The molecule has 2 aromatic carbocycles. The van der Waals surface area contributed by atoms with Crippen molar-refractivity contribution in [1.29, 1.82) is 0 Å². The summed E-state index contributed by atoms with van der Waals surface area (Å²) in [6, 6.07) is 15.4. The SMILES string of the molecule is CC(C)[C@H](N)C(=O)N1CCN(c2nnc(-c3ccc(Cl)cc3)c3ccccc23)C[C@H]1C.Cl. The third-order valence-corrected chi connectivity index (χ3v) is 6.25. The molecule has 1 aliphatic heterocycles. The molecule has 2 N–H and O–H groups in total. The fourth-order valence-corrected chi connectivity index (χ4v) is 4.22. The van der Waals surface area contributed by atoms with Gasteiger partial charge in [0.15, 0.2) is 5.82 Å². The van der Waals surface area contributed by atoms with E-state index in [-0.39, 0.29) is 30.3 Å². The van der Waals surface area contributed by atoms with Crippen LogP contribution in [0.15, 0.2) is 48.5 Å². The highest BCUT2D eigenvalue weighted by Gasteiger charge is 2.32. The first-order valence-corrected chi connectivity index (χ1v) is 11.1. The summed E-state index contributed by atoms with van der Waals surface area (Å²) in [4.78, 5) is 16.9. The van der Waals surface area contributed by atoms with E-state index >= 15 is 0 Å². The molecule has 3 aromatic rings. The number of rotatable bonds is 4. The summed E-state index contributed by atoms with van der Waals surface area (Å²) in [6.07, 6.45) is 0. The summed E-state index contributed by atoms with van der Waals surface area (Å²) in [5, 5.41) is 12.0. The number of benzene rings is 2. The Labute approximate surface area is 200 Å². The normalized spacial score (nSPS) is 17.4. The maximum absolute atomic E-state index is 12.8. The van der Waals surface area contributed by atoms with Gasteiger partial charge < -0.3 is 15.5 Å². The third-order valence-electron chi connectivity index (χ3n) is 6.00. The molecule has 1 fully saturated rings. The molecule has 4 rings (SSSR count). The number of carbonyl (C=O) groups excluding carboxylic acids is 1. The van der Waals surface area contributed by atoms with Gasteiger partial charge in [0.05, 0.1) is 6.04 Å². The second-order valence-electron chi connectivity index (χ2n) is 8.52. The van der Waals surface area contributed by atoms with Crippen LogP contribution in [0.1, 0.15) is 20.8 Å². The van der Waals surface area contributed by atoms with Gasteiger partial charge in [0.2, 0.25) is 5.91 Å². The summed E-state index contributed by atoms with van der Waals surface area (Å²) in [5.41, 5.74) is 7.93. The zero-order chi connectivity index (χ0) is 22.1. The van der Waals surface area contributed by atoms with Crippen LogP contribution >= 0.6 is 24.0 Å². The minimum absolute atomic E-state index is 0. The van der Waals surface area contributed by atoms with E-state index in [1.54, 1.807) is 0 Å². The Balaban J connectivity index is 0.00000289. The minimum Gasteiger partial charge on any atom is -0.351 e. The lowest BCUT2D eigenvalue weighted by Crippen LogP contribution is -2.58. The van der Waals surface area contributed by atoms with Crippen molar-refractivity contribution in [1.82, 2.24) is 15.1 Å². The minimum atomic E-state index is -0.465. The van der Waals surface area contributed by atoms with Crippen LogP contribution in [0.2, 0.25) is 5.02 Å². The lowest BCUT2D eigenvalue weighted by atomic mass is 10.0. The first-order valence-electron chi connectivity index (χ1n) is 10.7. The van der Waals surface area contributed by atoms with E-state index in [0.717, 1.165) is 27.8 Å². The van der Waals surface area contributed by atoms with E-state index in [2.05, 4.69) is 34.2 Å². The van der Waals surface area contributed by atoms with Crippen molar-refractivity contribution in [2.45, 2.75) is 32.9 Å². The monoisotopic (exact) mass is 473 g/mol. The fraction of sp³-hybridized carbons (Fsp3) is 0.375. The van der Waals surface area contributed by atoms with E-state index < -0.39 is 6.04 Å². The van der Waals surface area contributed by atoms with E-state index in [1.165, 1.54) is 0 Å². The van der Waals surface area contributed by atoms with Crippen molar-refractivity contribution in [3.63, 3.8) is 0 Å². The molecule has 0 spiro atoms. The molecule has 1 saturated heterocycles. The Kier molecular flexibility index (Phi) is 7.59. The number of fused-ring (bicyclic) bond motifs is 1. The van der Waals surface area contributed by atoms with Gasteiger partial charge in [-0.3, -0.25) is 4.79 Å². The standard InChI is InChI=1S/C24H28ClN5O.ClH/c1-15(2)21(26)24(31)30-13-12-29(14-16(30)3)23-20-7-5-4-6-19(20)22(27-28-23)17-8-10-18(25)11-9-17;/h4-11,15-16,21H,12-14,26H2,1-3H3;1H/t16-,21+;/m1./s1. The molecule has 8 heteroatoms. The summed E-state index contributed by atoms with van der Waals surface area (Å²) in [6.45, 7) is 8.03. The molecule has 0 aliphatic carbocycles. The molecule has 6 nitrogen and oxygen atoms in total. The number of piperazine rings is 1. The van der Waals surface area contributed by atoms with Crippen LogP contribution in [0.4, 0.5) is 5.82 Å². The summed E-state index contributed by atoms with van der Waals surface area (Å²) < 4.78 is 0. The quantitative estimate of drug-likeness (QED) is 0.607. The molecular formula is C24H29Cl2N5O. The average molecular weight is 474 g/mol. The molecule has 0 bridgehead atoms. The van der Waals surface area contributed by atoms with Crippen LogP contribution in [0.3, 0.4) is 0 Å². The molecule has 0 saturated carbocycles.